The Kier molecular flexibility index (Phi) is 4.98. The molecular formula is C11H16N2O2S. The number of hydrogen-bond acceptors (Lipinski definition) is 4. The van der Waals surface area contributed by atoms with Crippen molar-refractivity contribution in [1.82, 2.24) is 0 Å². The molecule has 0 heterocycles. The zero-order valence-electron chi connectivity index (χ0n) is 9.38. The van der Waals surface area contributed by atoms with Crippen molar-refractivity contribution in [2.75, 3.05) is 7.11 Å². The van der Waals surface area contributed by atoms with Crippen molar-refractivity contribution in [3.05, 3.63) is 24.3 Å². The molecule has 0 radical (unpaired) electrons. The Hall–Kier alpha value is -1.36. The van der Waals surface area contributed by atoms with E-state index in [0.29, 0.717) is 6.42 Å². The van der Waals surface area contributed by atoms with Gasteiger partial charge in [-0.2, -0.15) is 0 Å². The number of thioether (sulfide) groups is 1. The number of methoxy groups -OCH3 is 1. The van der Waals surface area contributed by atoms with E-state index >= 15 is 0 Å². The normalized spacial score (nSPS) is 13.5. The lowest BCUT2D eigenvalue weighted by Gasteiger charge is -2.10. The first kappa shape index (κ1) is 12.7. The molecule has 0 bridgehead atoms. The molecule has 1 unspecified atom stereocenters. The Morgan fingerprint density at radius 1 is 1.62 bits per heavy atom. The number of oxime groups is 1. The Bertz CT molecular complexity index is 369. The molecule has 0 saturated carbocycles. The Morgan fingerprint density at radius 3 is 3.00 bits per heavy atom. The van der Waals surface area contributed by atoms with Crippen molar-refractivity contribution in [3.8, 4) is 5.75 Å². The highest BCUT2D eigenvalue weighted by Crippen LogP contribution is 2.27. The molecule has 0 aliphatic rings. The van der Waals surface area contributed by atoms with Crippen molar-refractivity contribution in [2.45, 2.75) is 23.5 Å². The van der Waals surface area contributed by atoms with Gasteiger partial charge in [0.15, 0.2) is 0 Å². The third-order valence-corrected chi connectivity index (χ3v) is 3.10. The van der Waals surface area contributed by atoms with Crippen LogP contribution in [0.25, 0.3) is 0 Å². The van der Waals surface area contributed by atoms with Crippen LogP contribution in [0.2, 0.25) is 0 Å². The number of hydrogen-bond donors (Lipinski definition) is 2. The highest BCUT2D eigenvalue weighted by molar-refractivity contribution is 8.00. The standard InChI is InChI=1S/C11H16N2O2S/c1-8(6-11(12)13-14)16-10-5-3-4-9(7-10)15-2/h3-5,7-8,14H,6H2,1-2H3,(H2,12,13). The molecule has 1 aromatic rings. The summed E-state index contributed by atoms with van der Waals surface area (Å²) in [4.78, 5) is 1.11. The molecule has 1 rings (SSSR count). The fraction of sp³-hybridized carbons (Fsp3) is 0.364. The first-order valence-electron chi connectivity index (χ1n) is 4.92. The van der Waals surface area contributed by atoms with Crippen LogP contribution in [0.3, 0.4) is 0 Å². The van der Waals surface area contributed by atoms with Crippen molar-refractivity contribution in [1.29, 1.82) is 0 Å². The Balaban J connectivity index is 2.58. The lowest BCUT2D eigenvalue weighted by molar-refractivity contribution is 0.317. The van der Waals surface area contributed by atoms with Gasteiger partial charge in [-0.15, -0.1) is 11.8 Å². The maximum atomic E-state index is 8.47. The molecule has 5 heteroatoms. The van der Waals surface area contributed by atoms with Crippen LogP contribution in [-0.4, -0.2) is 23.4 Å². The van der Waals surface area contributed by atoms with Crippen molar-refractivity contribution in [2.24, 2.45) is 10.9 Å². The number of amidine groups is 1. The van der Waals surface area contributed by atoms with Gasteiger partial charge in [-0.25, -0.2) is 0 Å². The van der Waals surface area contributed by atoms with Gasteiger partial charge in [0.25, 0.3) is 0 Å². The van der Waals surface area contributed by atoms with Crippen molar-refractivity contribution in [3.63, 3.8) is 0 Å². The molecule has 0 spiro atoms. The van der Waals surface area contributed by atoms with Crippen LogP contribution in [0, 0.1) is 0 Å². The summed E-state index contributed by atoms with van der Waals surface area (Å²) in [6.07, 6.45) is 0.554. The summed E-state index contributed by atoms with van der Waals surface area (Å²) in [7, 11) is 1.64. The van der Waals surface area contributed by atoms with E-state index in [9.17, 15) is 0 Å². The van der Waals surface area contributed by atoms with E-state index in [4.69, 9.17) is 15.7 Å². The summed E-state index contributed by atoms with van der Waals surface area (Å²) in [5.41, 5.74) is 5.45. The SMILES string of the molecule is COc1cccc(SC(C)CC(N)=NO)c1. The molecule has 3 N–H and O–H groups in total. The molecule has 0 aliphatic carbocycles. The summed E-state index contributed by atoms with van der Waals surface area (Å²) in [5, 5.41) is 11.7. The molecule has 4 nitrogen and oxygen atoms in total. The van der Waals surface area contributed by atoms with E-state index in [1.54, 1.807) is 18.9 Å². The number of benzene rings is 1. The predicted molar refractivity (Wildman–Crippen MR) is 66.3 cm³/mol. The molecular weight excluding hydrogens is 224 g/mol. The molecule has 0 fully saturated rings. The molecule has 16 heavy (non-hydrogen) atoms. The predicted octanol–water partition coefficient (Wildman–Crippen LogP) is 2.31. The van der Waals surface area contributed by atoms with Gasteiger partial charge in [-0.05, 0) is 18.2 Å². The summed E-state index contributed by atoms with van der Waals surface area (Å²) in [5.74, 6) is 1.09. The minimum absolute atomic E-state index is 0.253. The second-order valence-electron chi connectivity index (χ2n) is 3.40. The highest BCUT2D eigenvalue weighted by atomic mass is 32.2. The van der Waals surface area contributed by atoms with Crippen LogP contribution in [0.15, 0.2) is 34.3 Å². The van der Waals surface area contributed by atoms with Gasteiger partial charge in [0, 0.05) is 16.6 Å². The van der Waals surface area contributed by atoms with E-state index in [-0.39, 0.29) is 11.1 Å². The zero-order chi connectivity index (χ0) is 12.0. The van der Waals surface area contributed by atoms with Crippen molar-refractivity contribution < 1.29 is 9.94 Å². The lowest BCUT2D eigenvalue weighted by atomic mass is 10.3. The summed E-state index contributed by atoms with van der Waals surface area (Å²) in [6, 6.07) is 7.82. The molecule has 88 valence electrons. The second kappa shape index (κ2) is 6.27. The van der Waals surface area contributed by atoms with E-state index in [2.05, 4.69) is 5.16 Å². The van der Waals surface area contributed by atoms with Crippen molar-refractivity contribution >= 4 is 17.6 Å². The summed E-state index contributed by atoms with van der Waals surface area (Å²) >= 11 is 1.66. The minimum Gasteiger partial charge on any atom is -0.497 e. The van der Waals surface area contributed by atoms with Gasteiger partial charge in [0.05, 0.1) is 7.11 Å². The Labute approximate surface area is 99.5 Å². The van der Waals surface area contributed by atoms with Gasteiger partial charge in [0.1, 0.15) is 11.6 Å². The third-order valence-electron chi connectivity index (χ3n) is 2.00. The number of nitrogens with zero attached hydrogens (tertiary/aromatic N) is 1. The quantitative estimate of drug-likeness (QED) is 0.272. The fourth-order valence-corrected chi connectivity index (χ4v) is 2.34. The average molecular weight is 240 g/mol. The first-order chi connectivity index (χ1) is 7.65. The van der Waals surface area contributed by atoms with E-state index < -0.39 is 0 Å². The Morgan fingerprint density at radius 2 is 2.38 bits per heavy atom. The van der Waals surface area contributed by atoms with Gasteiger partial charge >= 0.3 is 0 Å². The zero-order valence-corrected chi connectivity index (χ0v) is 10.2. The van der Waals surface area contributed by atoms with Gasteiger partial charge in [-0.1, -0.05) is 18.1 Å². The number of ether oxygens (including phenoxy) is 1. The third kappa shape index (κ3) is 4.02. The maximum absolute atomic E-state index is 8.47. The van der Waals surface area contributed by atoms with Crippen LogP contribution >= 0.6 is 11.8 Å². The van der Waals surface area contributed by atoms with E-state index in [1.807, 2.05) is 31.2 Å². The van der Waals surface area contributed by atoms with Crippen LogP contribution in [-0.2, 0) is 0 Å². The minimum atomic E-state index is 0.253. The summed E-state index contributed by atoms with van der Waals surface area (Å²) < 4.78 is 5.14. The lowest BCUT2D eigenvalue weighted by Crippen LogP contribution is -2.16. The van der Waals surface area contributed by atoms with Gasteiger partial charge in [-0.3, -0.25) is 0 Å². The molecule has 0 amide bonds. The topological polar surface area (TPSA) is 67.8 Å². The number of nitrogens with two attached hydrogens (primary N) is 1. The monoisotopic (exact) mass is 240 g/mol. The smallest absolute Gasteiger partial charge is 0.140 e. The van der Waals surface area contributed by atoms with E-state index in [1.165, 1.54) is 0 Å². The van der Waals surface area contributed by atoms with Crippen LogP contribution in [0.4, 0.5) is 0 Å². The maximum Gasteiger partial charge on any atom is 0.140 e. The molecule has 0 saturated heterocycles. The van der Waals surface area contributed by atoms with E-state index in [0.717, 1.165) is 10.6 Å². The van der Waals surface area contributed by atoms with Gasteiger partial charge in [0.2, 0.25) is 0 Å². The first-order valence-corrected chi connectivity index (χ1v) is 5.80. The molecule has 0 aliphatic heterocycles. The summed E-state index contributed by atoms with van der Waals surface area (Å²) in [6.45, 7) is 2.03. The highest BCUT2D eigenvalue weighted by Gasteiger charge is 2.07. The van der Waals surface area contributed by atoms with Crippen LogP contribution in [0.1, 0.15) is 13.3 Å². The fourth-order valence-electron chi connectivity index (χ4n) is 1.28. The largest absolute Gasteiger partial charge is 0.497 e. The second-order valence-corrected chi connectivity index (χ2v) is 4.91. The van der Waals surface area contributed by atoms with Crippen LogP contribution in [0.5, 0.6) is 5.75 Å². The molecule has 0 aromatic heterocycles. The number of rotatable bonds is 5. The molecule has 1 atom stereocenters. The van der Waals surface area contributed by atoms with Crippen LogP contribution < -0.4 is 10.5 Å². The average Bonchev–Trinajstić information content (AvgIpc) is 2.28. The van der Waals surface area contributed by atoms with Gasteiger partial charge < -0.3 is 15.7 Å². The molecule has 1 aromatic carbocycles.